The van der Waals surface area contributed by atoms with E-state index >= 15 is 0 Å². The minimum Gasteiger partial charge on any atom is -0.395 e. The number of aliphatic hydroxyl groups is 2. The van der Waals surface area contributed by atoms with Crippen LogP contribution in [0.4, 0.5) is 0 Å². The third kappa shape index (κ3) is 3.20. The summed E-state index contributed by atoms with van der Waals surface area (Å²) in [6, 6.07) is 0. The summed E-state index contributed by atoms with van der Waals surface area (Å²) in [5, 5.41) is 18.2. The maximum atomic E-state index is 9.10. The molecule has 2 N–H and O–H groups in total. The molecule has 70 valence electrons. The summed E-state index contributed by atoms with van der Waals surface area (Å²) in [6.07, 6.45) is 4.31. The molecule has 0 aromatic heterocycles. The molecule has 0 bridgehead atoms. The molecule has 0 radical (unpaired) electrons. The highest BCUT2D eigenvalue weighted by molar-refractivity contribution is 5.06. The monoisotopic (exact) mass is 170 g/mol. The predicted molar refractivity (Wildman–Crippen MR) is 50.8 cm³/mol. The fraction of sp³-hybridized carbons (Fsp3) is 0.600. The van der Waals surface area contributed by atoms with Gasteiger partial charge >= 0.3 is 0 Å². The van der Waals surface area contributed by atoms with Crippen molar-refractivity contribution in [3.8, 4) is 0 Å². The smallest absolute Gasteiger partial charge is 0.0547 e. The fourth-order valence-corrected chi connectivity index (χ4v) is 1.28. The highest BCUT2D eigenvalue weighted by Crippen LogP contribution is 2.26. The Balaban J connectivity index is 4.45. The molecule has 0 saturated carbocycles. The molecule has 2 nitrogen and oxygen atoms in total. The van der Waals surface area contributed by atoms with Crippen molar-refractivity contribution in [2.45, 2.75) is 20.3 Å². The largest absolute Gasteiger partial charge is 0.395 e. The van der Waals surface area contributed by atoms with E-state index in [-0.39, 0.29) is 13.2 Å². The lowest BCUT2D eigenvalue weighted by atomic mass is 9.83. The van der Waals surface area contributed by atoms with Gasteiger partial charge in [-0.3, -0.25) is 0 Å². The molecule has 0 saturated heterocycles. The van der Waals surface area contributed by atoms with Crippen LogP contribution in [-0.2, 0) is 0 Å². The Bertz CT molecular complexity index is 167. The molecule has 0 aliphatic heterocycles. The molecule has 12 heavy (non-hydrogen) atoms. The number of allylic oxidation sites excluding steroid dienone is 2. The first kappa shape index (κ1) is 11.4. The molecule has 0 aromatic carbocycles. The minimum atomic E-state index is -0.513. The molecule has 2 heteroatoms. The third-order valence-corrected chi connectivity index (χ3v) is 1.80. The maximum Gasteiger partial charge on any atom is 0.0547 e. The molecular formula is C10H18O2. The van der Waals surface area contributed by atoms with Gasteiger partial charge in [-0.1, -0.05) is 17.7 Å². The van der Waals surface area contributed by atoms with Crippen molar-refractivity contribution in [1.29, 1.82) is 0 Å². The number of hydrogen-bond acceptors (Lipinski definition) is 2. The van der Waals surface area contributed by atoms with Gasteiger partial charge in [-0.25, -0.2) is 0 Å². The summed E-state index contributed by atoms with van der Waals surface area (Å²) in [5.41, 5.74) is 0.455. The van der Waals surface area contributed by atoms with Crippen molar-refractivity contribution in [2.24, 2.45) is 5.41 Å². The van der Waals surface area contributed by atoms with E-state index in [1.54, 1.807) is 0 Å². The van der Waals surface area contributed by atoms with Gasteiger partial charge in [0.25, 0.3) is 0 Å². The van der Waals surface area contributed by atoms with Crippen molar-refractivity contribution in [2.75, 3.05) is 13.2 Å². The highest BCUT2D eigenvalue weighted by atomic mass is 16.3. The van der Waals surface area contributed by atoms with E-state index in [4.69, 9.17) is 10.2 Å². The molecule has 0 unspecified atom stereocenters. The normalized spacial score (nSPS) is 12.3. The first-order chi connectivity index (χ1) is 5.60. The second-order valence-electron chi connectivity index (χ2n) is 3.31. The Labute approximate surface area is 74.2 Å². The fourth-order valence-electron chi connectivity index (χ4n) is 1.28. The molecule has 0 amide bonds. The van der Waals surface area contributed by atoms with E-state index in [1.165, 1.54) is 0 Å². The van der Waals surface area contributed by atoms with E-state index in [9.17, 15) is 0 Å². The van der Waals surface area contributed by atoms with Gasteiger partial charge in [0.15, 0.2) is 0 Å². The quantitative estimate of drug-likeness (QED) is 0.614. The van der Waals surface area contributed by atoms with Crippen LogP contribution >= 0.6 is 0 Å². The summed E-state index contributed by atoms with van der Waals surface area (Å²) >= 11 is 0. The summed E-state index contributed by atoms with van der Waals surface area (Å²) < 4.78 is 0. The third-order valence-electron chi connectivity index (χ3n) is 1.80. The van der Waals surface area contributed by atoms with Gasteiger partial charge in [0, 0.05) is 5.41 Å². The molecule has 0 aliphatic carbocycles. The van der Waals surface area contributed by atoms with Crippen LogP contribution in [0.3, 0.4) is 0 Å². The van der Waals surface area contributed by atoms with Crippen molar-refractivity contribution in [3.63, 3.8) is 0 Å². The van der Waals surface area contributed by atoms with Crippen LogP contribution in [-0.4, -0.2) is 23.4 Å². The lowest BCUT2D eigenvalue weighted by Crippen LogP contribution is -2.27. The van der Waals surface area contributed by atoms with Crippen molar-refractivity contribution in [3.05, 3.63) is 24.3 Å². The molecule has 0 aliphatic rings. The molecule has 0 aromatic rings. The van der Waals surface area contributed by atoms with Gasteiger partial charge < -0.3 is 10.2 Å². The van der Waals surface area contributed by atoms with Crippen LogP contribution in [0.1, 0.15) is 20.3 Å². The zero-order valence-electron chi connectivity index (χ0n) is 7.88. The van der Waals surface area contributed by atoms with Gasteiger partial charge in [0.1, 0.15) is 0 Å². The first-order valence-corrected chi connectivity index (χ1v) is 4.10. The van der Waals surface area contributed by atoms with E-state index in [0.29, 0.717) is 6.42 Å². The van der Waals surface area contributed by atoms with Gasteiger partial charge in [-0.15, -0.1) is 6.58 Å². The Hall–Kier alpha value is -0.600. The molecule has 0 fully saturated rings. The van der Waals surface area contributed by atoms with Crippen LogP contribution < -0.4 is 0 Å². The predicted octanol–water partition coefficient (Wildman–Crippen LogP) is 1.50. The molecule has 0 spiro atoms. The minimum absolute atomic E-state index is 0.0410. The van der Waals surface area contributed by atoms with Crippen LogP contribution in [0.25, 0.3) is 0 Å². The van der Waals surface area contributed by atoms with Gasteiger partial charge in [-0.05, 0) is 20.3 Å². The van der Waals surface area contributed by atoms with Crippen LogP contribution in [0.2, 0.25) is 0 Å². The summed E-state index contributed by atoms with van der Waals surface area (Å²) in [6.45, 7) is 7.45. The van der Waals surface area contributed by atoms with Crippen LogP contribution in [0.15, 0.2) is 24.3 Å². The van der Waals surface area contributed by atoms with Crippen LogP contribution in [0.5, 0.6) is 0 Å². The Kier molecular flexibility index (Phi) is 4.86. The summed E-state index contributed by atoms with van der Waals surface area (Å²) in [4.78, 5) is 0. The van der Waals surface area contributed by atoms with Crippen molar-refractivity contribution < 1.29 is 10.2 Å². The molecule has 0 rings (SSSR count). The SMILES string of the molecule is C=C(C)CC(C=CC)(CO)CO. The standard InChI is InChI=1S/C10H18O2/c1-4-5-10(7-11,8-12)6-9(2)3/h4-5,11-12H,2,6-8H2,1,3H3. The average molecular weight is 170 g/mol. The van der Waals surface area contributed by atoms with Crippen molar-refractivity contribution >= 4 is 0 Å². The molecule has 0 atom stereocenters. The van der Waals surface area contributed by atoms with E-state index in [0.717, 1.165) is 5.57 Å². The van der Waals surface area contributed by atoms with E-state index < -0.39 is 5.41 Å². The summed E-state index contributed by atoms with van der Waals surface area (Å²) in [5.74, 6) is 0. The highest BCUT2D eigenvalue weighted by Gasteiger charge is 2.24. The Morgan fingerprint density at radius 2 is 1.92 bits per heavy atom. The molecular weight excluding hydrogens is 152 g/mol. The second-order valence-corrected chi connectivity index (χ2v) is 3.31. The topological polar surface area (TPSA) is 40.5 Å². The number of hydrogen-bond donors (Lipinski definition) is 2. The van der Waals surface area contributed by atoms with Gasteiger partial charge in [0.2, 0.25) is 0 Å². The van der Waals surface area contributed by atoms with Crippen LogP contribution in [0, 0.1) is 5.41 Å². The lowest BCUT2D eigenvalue weighted by Gasteiger charge is -2.26. The number of aliphatic hydroxyl groups excluding tert-OH is 2. The Morgan fingerprint density at radius 3 is 2.17 bits per heavy atom. The van der Waals surface area contributed by atoms with Gasteiger partial charge in [0.05, 0.1) is 13.2 Å². The summed E-state index contributed by atoms with van der Waals surface area (Å²) in [7, 11) is 0. The zero-order valence-corrected chi connectivity index (χ0v) is 7.88. The van der Waals surface area contributed by atoms with Gasteiger partial charge in [-0.2, -0.15) is 0 Å². The second kappa shape index (κ2) is 5.12. The van der Waals surface area contributed by atoms with Crippen molar-refractivity contribution in [1.82, 2.24) is 0 Å². The van der Waals surface area contributed by atoms with E-state index in [1.807, 2.05) is 26.0 Å². The molecule has 0 heterocycles. The first-order valence-electron chi connectivity index (χ1n) is 4.10. The zero-order chi connectivity index (χ0) is 9.61. The number of rotatable bonds is 5. The van der Waals surface area contributed by atoms with E-state index in [2.05, 4.69) is 6.58 Å². The average Bonchev–Trinajstić information content (AvgIpc) is 2.03. The Morgan fingerprint density at radius 1 is 1.42 bits per heavy atom. The maximum absolute atomic E-state index is 9.10. The lowest BCUT2D eigenvalue weighted by molar-refractivity contribution is 0.0936.